The molecule has 2 rings (SSSR count). The minimum atomic E-state index is 0.734. The zero-order valence-electron chi connectivity index (χ0n) is 14.0. The van der Waals surface area contributed by atoms with Crippen LogP contribution in [0.25, 0.3) is 0 Å². The first kappa shape index (κ1) is 16.5. The van der Waals surface area contributed by atoms with Crippen LogP contribution in [0, 0.1) is 0 Å². The molecular weight excluding hydrogens is 254 g/mol. The van der Waals surface area contributed by atoms with Crippen LogP contribution in [0.5, 0.6) is 0 Å². The van der Waals surface area contributed by atoms with Gasteiger partial charge in [0.05, 0.1) is 0 Å². The second kappa shape index (κ2) is 9.25. The number of benzene rings is 1. The standard InChI is InChI=1S/C20H33N/c1-3-5-6-7-8-9-10-17-11-13-18(14-12-17)19-15-20(4-2)21-16-19/h11-14,19-21H,3-10,15-16H2,1-2H3/t19-,20-/m0/s1. The van der Waals surface area contributed by atoms with Crippen LogP contribution in [0.15, 0.2) is 24.3 Å². The van der Waals surface area contributed by atoms with Crippen molar-refractivity contribution in [2.75, 3.05) is 6.54 Å². The van der Waals surface area contributed by atoms with E-state index in [0.717, 1.165) is 18.5 Å². The van der Waals surface area contributed by atoms with Crippen molar-refractivity contribution in [1.82, 2.24) is 5.32 Å². The molecule has 0 bridgehead atoms. The second-order valence-electron chi connectivity index (χ2n) is 6.71. The van der Waals surface area contributed by atoms with Crippen LogP contribution in [0.1, 0.15) is 82.3 Å². The summed E-state index contributed by atoms with van der Waals surface area (Å²) >= 11 is 0. The molecule has 0 aromatic heterocycles. The Hall–Kier alpha value is -0.820. The monoisotopic (exact) mass is 287 g/mol. The van der Waals surface area contributed by atoms with Gasteiger partial charge in [-0.15, -0.1) is 0 Å². The normalized spacial score (nSPS) is 21.8. The summed E-state index contributed by atoms with van der Waals surface area (Å²) in [6.07, 6.45) is 12.2. The lowest BCUT2D eigenvalue weighted by Gasteiger charge is -2.10. The number of hydrogen-bond acceptors (Lipinski definition) is 1. The minimum Gasteiger partial charge on any atom is -0.313 e. The Labute approximate surface area is 131 Å². The van der Waals surface area contributed by atoms with Gasteiger partial charge in [-0.05, 0) is 42.7 Å². The van der Waals surface area contributed by atoms with Crippen molar-refractivity contribution in [3.63, 3.8) is 0 Å². The smallest absolute Gasteiger partial charge is 0.00709 e. The topological polar surface area (TPSA) is 12.0 Å². The van der Waals surface area contributed by atoms with Crippen molar-refractivity contribution >= 4 is 0 Å². The van der Waals surface area contributed by atoms with Crippen LogP contribution >= 0.6 is 0 Å². The first-order valence-corrected chi connectivity index (χ1v) is 9.15. The number of rotatable bonds is 9. The fraction of sp³-hybridized carbons (Fsp3) is 0.700. The summed E-state index contributed by atoms with van der Waals surface area (Å²) in [7, 11) is 0. The predicted octanol–water partition coefficient (Wildman–Crippen LogP) is 5.45. The van der Waals surface area contributed by atoms with Crippen molar-refractivity contribution in [3.05, 3.63) is 35.4 Å². The third-order valence-corrected chi connectivity index (χ3v) is 4.98. The Morgan fingerprint density at radius 1 is 0.952 bits per heavy atom. The Kier molecular flexibility index (Phi) is 7.29. The molecule has 0 aliphatic carbocycles. The molecule has 1 fully saturated rings. The molecular formula is C20H33N. The molecule has 1 heteroatoms. The lowest BCUT2D eigenvalue weighted by molar-refractivity contribution is 0.582. The maximum atomic E-state index is 3.63. The molecule has 1 saturated heterocycles. The van der Waals surface area contributed by atoms with Gasteiger partial charge in [0, 0.05) is 12.6 Å². The molecule has 0 amide bonds. The van der Waals surface area contributed by atoms with E-state index in [2.05, 4.69) is 43.4 Å². The van der Waals surface area contributed by atoms with Crippen LogP contribution in [0.2, 0.25) is 0 Å². The van der Waals surface area contributed by atoms with E-state index in [-0.39, 0.29) is 0 Å². The molecule has 118 valence electrons. The van der Waals surface area contributed by atoms with Gasteiger partial charge < -0.3 is 5.32 Å². The maximum Gasteiger partial charge on any atom is 0.00709 e. The molecule has 0 spiro atoms. The molecule has 21 heavy (non-hydrogen) atoms. The Morgan fingerprint density at radius 3 is 2.33 bits per heavy atom. The highest BCUT2D eigenvalue weighted by Gasteiger charge is 2.23. The van der Waals surface area contributed by atoms with Crippen molar-refractivity contribution < 1.29 is 0 Å². The molecule has 2 atom stereocenters. The van der Waals surface area contributed by atoms with E-state index in [0.29, 0.717) is 0 Å². The summed E-state index contributed by atoms with van der Waals surface area (Å²) in [6, 6.07) is 10.2. The summed E-state index contributed by atoms with van der Waals surface area (Å²) in [5.74, 6) is 0.734. The zero-order valence-corrected chi connectivity index (χ0v) is 14.0. The van der Waals surface area contributed by atoms with E-state index in [4.69, 9.17) is 0 Å². The maximum absolute atomic E-state index is 3.63. The number of nitrogens with one attached hydrogen (secondary N) is 1. The van der Waals surface area contributed by atoms with Crippen molar-refractivity contribution in [1.29, 1.82) is 0 Å². The molecule has 1 nitrogen and oxygen atoms in total. The van der Waals surface area contributed by atoms with E-state index in [1.165, 1.54) is 68.9 Å². The molecule has 1 heterocycles. The fourth-order valence-electron chi connectivity index (χ4n) is 3.45. The highest BCUT2D eigenvalue weighted by atomic mass is 14.9. The summed E-state index contributed by atoms with van der Waals surface area (Å²) in [5.41, 5.74) is 3.05. The van der Waals surface area contributed by atoms with Gasteiger partial charge in [0.15, 0.2) is 0 Å². The summed E-state index contributed by atoms with van der Waals surface area (Å²) < 4.78 is 0. The first-order chi connectivity index (χ1) is 10.3. The van der Waals surface area contributed by atoms with Crippen molar-refractivity contribution in [2.24, 2.45) is 0 Å². The summed E-state index contributed by atoms with van der Waals surface area (Å²) in [6.45, 7) is 5.73. The molecule has 0 saturated carbocycles. The average Bonchev–Trinajstić information content (AvgIpc) is 3.00. The molecule has 1 aromatic rings. The van der Waals surface area contributed by atoms with Crippen molar-refractivity contribution in [3.8, 4) is 0 Å². The zero-order chi connectivity index (χ0) is 14.9. The molecule has 0 radical (unpaired) electrons. The molecule has 1 N–H and O–H groups in total. The molecule has 1 aromatic carbocycles. The van der Waals surface area contributed by atoms with Gasteiger partial charge in [-0.25, -0.2) is 0 Å². The lowest BCUT2D eigenvalue weighted by Crippen LogP contribution is -2.19. The van der Waals surface area contributed by atoms with Crippen LogP contribution < -0.4 is 5.32 Å². The second-order valence-corrected chi connectivity index (χ2v) is 6.71. The van der Waals surface area contributed by atoms with Gasteiger partial charge in [-0.3, -0.25) is 0 Å². The number of hydrogen-bond donors (Lipinski definition) is 1. The van der Waals surface area contributed by atoms with Gasteiger partial charge in [-0.1, -0.05) is 70.2 Å². The predicted molar refractivity (Wildman–Crippen MR) is 93.0 cm³/mol. The quantitative estimate of drug-likeness (QED) is 0.596. The molecule has 1 aliphatic rings. The fourth-order valence-corrected chi connectivity index (χ4v) is 3.45. The van der Waals surface area contributed by atoms with Gasteiger partial charge in [0.25, 0.3) is 0 Å². The van der Waals surface area contributed by atoms with Crippen molar-refractivity contribution in [2.45, 2.75) is 83.6 Å². The number of aryl methyl sites for hydroxylation is 1. The van der Waals surface area contributed by atoms with Crippen LogP contribution in [0.3, 0.4) is 0 Å². The van der Waals surface area contributed by atoms with E-state index in [1.54, 1.807) is 0 Å². The Morgan fingerprint density at radius 2 is 1.67 bits per heavy atom. The van der Waals surface area contributed by atoms with Crippen LogP contribution in [-0.2, 0) is 6.42 Å². The lowest BCUT2D eigenvalue weighted by atomic mass is 9.94. The average molecular weight is 287 g/mol. The SMILES string of the molecule is CCCCCCCCc1ccc([C@@H]2CN[C@@H](CC)C2)cc1. The minimum absolute atomic E-state index is 0.734. The third kappa shape index (κ3) is 5.47. The summed E-state index contributed by atoms with van der Waals surface area (Å²) in [5, 5.41) is 3.63. The highest BCUT2D eigenvalue weighted by molar-refractivity contribution is 5.26. The highest BCUT2D eigenvalue weighted by Crippen LogP contribution is 2.27. The van der Waals surface area contributed by atoms with E-state index in [9.17, 15) is 0 Å². The number of unbranched alkanes of at least 4 members (excludes halogenated alkanes) is 5. The van der Waals surface area contributed by atoms with E-state index < -0.39 is 0 Å². The third-order valence-electron chi connectivity index (χ3n) is 4.98. The van der Waals surface area contributed by atoms with E-state index in [1.807, 2.05) is 0 Å². The largest absolute Gasteiger partial charge is 0.313 e. The van der Waals surface area contributed by atoms with Crippen LogP contribution in [0.4, 0.5) is 0 Å². The summed E-state index contributed by atoms with van der Waals surface area (Å²) in [4.78, 5) is 0. The molecule has 1 aliphatic heterocycles. The van der Waals surface area contributed by atoms with Gasteiger partial charge in [0.2, 0.25) is 0 Å². The molecule has 0 unspecified atom stereocenters. The van der Waals surface area contributed by atoms with E-state index >= 15 is 0 Å². The Bertz CT molecular complexity index is 381. The van der Waals surface area contributed by atoms with Gasteiger partial charge in [-0.2, -0.15) is 0 Å². The Balaban J connectivity index is 1.70. The van der Waals surface area contributed by atoms with Gasteiger partial charge >= 0.3 is 0 Å². The van der Waals surface area contributed by atoms with Gasteiger partial charge in [0.1, 0.15) is 0 Å². The van der Waals surface area contributed by atoms with Crippen LogP contribution in [-0.4, -0.2) is 12.6 Å². The first-order valence-electron chi connectivity index (χ1n) is 9.15.